The van der Waals surface area contributed by atoms with Gasteiger partial charge in [-0.3, -0.25) is 9.59 Å². The molecular formula is C20H17NO5. The van der Waals surface area contributed by atoms with Crippen molar-refractivity contribution in [3.8, 4) is 0 Å². The smallest absolute Gasteiger partial charge is 0.318 e. The van der Waals surface area contributed by atoms with E-state index in [1.165, 1.54) is 12.1 Å². The topological polar surface area (TPSA) is 95.9 Å². The van der Waals surface area contributed by atoms with E-state index in [0.717, 1.165) is 5.56 Å². The van der Waals surface area contributed by atoms with Gasteiger partial charge in [-0.1, -0.05) is 61.2 Å². The van der Waals surface area contributed by atoms with E-state index in [4.69, 9.17) is 4.74 Å². The van der Waals surface area contributed by atoms with Crippen LogP contribution in [-0.4, -0.2) is 27.6 Å². The second kappa shape index (κ2) is 5.52. The van der Waals surface area contributed by atoms with Crippen LogP contribution < -0.4 is 5.32 Å². The summed E-state index contributed by atoms with van der Waals surface area (Å²) in [5, 5.41) is 24.8. The van der Waals surface area contributed by atoms with Crippen LogP contribution in [0.2, 0.25) is 0 Å². The summed E-state index contributed by atoms with van der Waals surface area (Å²) in [6.07, 6.45) is 0. The van der Waals surface area contributed by atoms with Crippen LogP contribution in [-0.2, 0) is 21.9 Å². The molecule has 2 aliphatic rings. The predicted octanol–water partition coefficient (Wildman–Crippen LogP) is 1.24. The molecule has 6 nitrogen and oxygen atoms in total. The highest BCUT2D eigenvalue weighted by Crippen LogP contribution is 2.53. The quantitative estimate of drug-likeness (QED) is 0.720. The monoisotopic (exact) mass is 351 g/mol. The third kappa shape index (κ3) is 2.00. The van der Waals surface area contributed by atoms with Gasteiger partial charge in [0, 0.05) is 16.8 Å². The van der Waals surface area contributed by atoms with Crippen molar-refractivity contribution in [3.63, 3.8) is 0 Å². The van der Waals surface area contributed by atoms with Gasteiger partial charge in [0.2, 0.25) is 11.5 Å². The number of fused-ring (bicyclic) bond motifs is 3. The lowest BCUT2D eigenvalue weighted by molar-refractivity contribution is -0.167. The molecule has 0 amide bonds. The average Bonchev–Trinajstić information content (AvgIpc) is 2.95. The number of ketones is 1. The Kier molecular flexibility index (Phi) is 3.50. The Morgan fingerprint density at radius 2 is 1.77 bits per heavy atom. The van der Waals surface area contributed by atoms with Crippen molar-refractivity contribution in [2.24, 2.45) is 5.92 Å². The van der Waals surface area contributed by atoms with Crippen LogP contribution in [0.4, 0.5) is 0 Å². The lowest BCUT2D eigenvalue weighted by Crippen LogP contribution is -2.57. The van der Waals surface area contributed by atoms with Crippen LogP contribution >= 0.6 is 0 Å². The first kappa shape index (κ1) is 16.5. The van der Waals surface area contributed by atoms with Crippen LogP contribution in [0.1, 0.15) is 21.5 Å². The van der Waals surface area contributed by atoms with E-state index in [9.17, 15) is 19.8 Å². The first-order chi connectivity index (χ1) is 12.4. The van der Waals surface area contributed by atoms with Gasteiger partial charge in [0.15, 0.2) is 5.60 Å². The Balaban J connectivity index is 1.67. The van der Waals surface area contributed by atoms with Gasteiger partial charge in [-0.05, 0) is 5.56 Å². The molecule has 0 aromatic heterocycles. The first-order valence-electron chi connectivity index (χ1n) is 8.16. The van der Waals surface area contributed by atoms with Gasteiger partial charge in [-0.2, -0.15) is 0 Å². The Morgan fingerprint density at radius 1 is 1.12 bits per heavy atom. The molecule has 3 atom stereocenters. The molecule has 2 aromatic rings. The molecule has 0 radical (unpaired) electrons. The fourth-order valence-corrected chi connectivity index (χ4v) is 3.76. The molecule has 0 spiro atoms. The molecule has 1 saturated heterocycles. The van der Waals surface area contributed by atoms with Crippen molar-refractivity contribution < 1.29 is 24.5 Å². The van der Waals surface area contributed by atoms with Gasteiger partial charge in [0.05, 0.1) is 0 Å². The molecule has 1 aliphatic carbocycles. The maximum Gasteiger partial charge on any atom is 0.318 e. The lowest BCUT2D eigenvalue weighted by atomic mass is 9.81. The largest absolute Gasteiger partial charge is 0.460 e. The van der Waals surface area contributed by atoms with Gasteiger partial charge >= 0.3 is 5.97 Å². The molecule has 2 aromatic carbocycles. The van der Waals surface area contributed by atoms with Crippen LogP contribution in [0, 0.1) is 5.92 Å². The van der Waals surface area contributed by atoms with E-state index in [-0.39, 0.29) is 23.4 Å². The molecular weight excluding hydrogens is 334 g/mol. The number of carbonyl (C=O) groups excluding carboxylic acids is 2. The van der Waals surface area contributed by atoms with Crippen molar-refractivity contribution in [1.82, 2.24) is 5.32 Å². The van der Waals surface area contributed by atoms with Crippen LogP contribution in [0.3, 0.4) is 0 Å². The lowest BCUT2D eigenvalue weighted by Gasteiger charge is -2.31. The summed E-state index contributed by atoms with van der Waals surface area (Å²) in [6, 6.07) is 15.3. The zero-order valence-electron chi connectivity index (χ0n) is 13.8. The third-order valence-corrected chi connectivity index (χ3v) is 5.03. The normalized spacial score (nSPS) is 29.1. The first-order valence-corrected chi connectivity index (χ1v) is 8.16. The molecule has 0 saturated carbocycles. The number of esters is 1. The summed E-state index contributed by atoms with van der Waals surface area (Å²) in [7, 11) is 0. The maximum atomic E-state index is 12.8. The van der Waals surface area contributed by atoms with Gasteiger partial charge in [0.1, 0.15) is 12.5 Å². The Bertz CT molecular complexity index is 925. The molecule has 4 rings (SSSR count). The number of carbonyl (C=O) groups is 2. The molecule has 3 N–H and O–H groups in total. The zero-order valence-corrected chi connectivity index (χ0v) is 13.8. The average molecular weight is 351 g/mol. The fourth-order valence-electron chi connectivity index (χ4n) is 3.76. The number of ether oxygens (including phenoxy) is 1. The third-order valence-electron chi connectivity index (χ3n) is 5.03. The molecule has 3 unspecified atom stereocenters. The summed E-state index contributed by atoms with van der Waals surface area (Å²) in [4.78, 5) is 25.5. The number of aliphatic hydroxyl groups is 2. The molecule has 132 valence electrons. The summed E-state index contributed by atoms with van der Waals surface area (Å²) < 4.78 is 5.28. The Hall–Kier alpha value is -2.96. The van der Waals surface area contributed by atoms with Gasteiger partial charge in [-0.25, -0.2) is 0 Å². The Labute approximate surface area is 149 Å². The predicted molar refractivity (Wildman–Crippen MR) is 91.6 cm³/mol. The van der Waals surface area contributed by atoms with Gasteiger partial charge in [0.25, 0.3) is 0 Å². The van der Waals surface area contributed by atoms with E-state index in [1.807, 2.05) is 18.2 Å². The van der Waals surface area contributed by atoms with Gasteiger partial charge in [-0.15, -0.1) is 0 Å². The maximum absolute atomic E-state index is 12.8. The Morgan fingerprint density at radius 3 is 2.50 bits per heavy atom. The summed E-state index contributed by atoms with van der Waals surface area (Å²) in [6.45, 7) is 3.69. The molecule has 0 bridgehead atoms. The minimum Gasteiger partial charge on any atom is -0.460 e. The number of nitrogens with one attached hydrogen (secondary N) is 1. The van der Waals surface area contributed by atoms with Crippen LogP contribution in [0.15, 0.2) is 66.9 Å². The standard InChI is InChI=1S/C20H17NO5/c1-12-16(18(23)26-11-13-7-3-2-4-8-13)19(24)17(22)14-9-5-6-10-15(14)20(19,25)21-12/h2-10,16,21,24-25H,1,11H2. The highest BCUT2D eigenvalue weighted by atomic mass is 16.5. The highest BCUT2D eigenvalue weighted by Gasteiger charge is 2.73. The van der Waals surface area contributed by atoms with Crippen molar-refractivity contribution >= 4 is 11.8 Å². The minimum atomic E-state index is -2.40. The van der Waals surface area contributed by atoms with Crippen LogP contribution in [0.5, 0.6) is 0 Å². The van der Waals surface area contributed by atoms with Gasteiger partial charge < -0.3 is 20.3 Å². The number of rotatable bonds is 3. The molecule has 1 heterocycles. The van der Waals surface area contributed by atoms with Crippen molar-refractivity contribution in [3.05, 3.63) is 83.6 Å². The molecule has 6 heteroatoms. The molecule has 1 fully saturated rings. The zero-order chi connectivity index (χ0) is 18.5. The number of Topliss-reactive ketones (excluding diaryl/α,β-unsaturated/α-hetero) is 1. The minimum absolute atomic E-state index is 0.0148. The second-order valence-corrected chi connectivity index (χ2v) is 6.53. The fraction of sp³-hybridized carbons (Fsp3) is 0.200. The number of hydrogen-bond donors (Lipinski definition) is 3. The highest BCUT2D eigenvalue weighted by molar-refractivity contribution is 6.11. The van der Waals surface area contributed by atoms with Crippen molar-refractivity contribution in [2.45, 2.75) is 17.9 Å². The van der Waals surface area contributed by atoms with Crippen molar-refractivity contribution in [2.75, 3.05) is 0 Å². The molecule has 1 aliphatic heterocycles. The van der Waals surface area contributed by atoms with Crippen LogP contribution in [0.25, 0.3) is 0 Å². The van der Waals surface area contributed by atoms with E-state index < -0.39 is 29.0 Å². The summed E-state index contributed by atoms with van der Waals surface area (Å²) in [5.41, 5.74) is -3.34. The van der Waals surface area contributed by atoms with E-state index in [0.29, 0.717) is 0 Å². The van der Waals surface area contributed by atoms with Crippen molar-refractivity contribution in [1.29, 1.82) is 0 Å². The number of benzene rings is 2. The van der Waals surface area contributed by atoms with E-state index in [2.05, 4.69) is 11.9 Å². The summed E-state index contributed by atoms with van der Waals surface area (Å²) in [5.74, 6) is -2.98. The second-order valence-electron chi connectivity index (χ2n) is 6.53. The SMILES string of the molecule is C=C1NC2(O)c3ccccc3C(=O)C2(O)C1C(=O)OCc1ccccc1. The number of hydrogen-bond acceptors (Lipinski definition) is 6. The van der Waals surface area contributed by atoms with E-state index >= 15 is 0 Å². The summed E-state index contributed by atoms with van der Waals surface area (Å²) >= 11 is 0. The van der Waals surface area contributed by atoms with E-state index in [1.54, 1.807) is 24.3 Å². The molecule has 26 heavy (non-hydrogen) atoms.